The van der Waals surface area contributed by atoms with Crippen LogP contribution in [0.4, 0.5) is 0 Å². The Labute approximate surface area is 98.8 Å². The van der Waals surface area contributed by atoms with Gasteiger partial charge < -0.3 is 9.72 Å². The van der Waals surface area contributed by atoms with Crippen LogP contribution in [0.25, 0.3) is 10.9 Å². The summed E-state index contributed by atoms with van der Waals surface area (Å²) in [6, 6.07) is 7.55. The van der Waals surface area contributed by atoms with Gasteiger partial charge in [-0.05, 0) is 25.1 Å². The van der Waals surface area contributed by atoms with E-state index >= 15 is 0 Å². The second kappa shape index (κ2) is 4.30. The number of methoxy groups -OCH3 is 1. The van der Waals surface area contributed by atoms with E-state index in [-0.39, 0.29) is 5.78 Å². The molecule has 0 saturated heterocycles. The van der Waals surface area contributed by atoms with E-state index in [0.717, 1.165) is 10.9 Å². The van der Waals surface area contributed by atoms with Crippen LogP contribution in [-0.2, 0) is 4.79 Å². The quantitative estimate of drug-likeness (QED) is 0.877. The largest absolute Gasteiger partial charge is 0.497 e. The molecule has 1 atom stereocenters. The lowest BCUT2D eigenvalue weighted by Crippen LogP contribution is -2.05. The number of nitrogens with one attached hydrogen (secondary N) is 1. The third kappa shape index (κ3) is 1.87. The molecular weight excluding hydrogens is 216 g/mol. The van der Waals surface area contributed by atoms with Crippen LogP contribution in [0.1, 0.15) is 18.4 Å². The molecule has 4 heteroatoms. The van der Waals surface area contributed by atoms with Gasteiger partial charge in [0.05, 0.1) is 13.2 Å². The average Bonchev–Trinajstić information content (AvgIpc) is 2.73. The molecule has 0 bridgehead atoms. The Morgan fingerprint density at radius 1 is 1.53 bits per heavy atom. The Morgan fingerprint density at radius 3 is 2.88 bits per heavy atom. The summed E-state index contributed by atoms with van der Waals surface area (Å²) >= 11 is 0. The van der Waals surface area contributed by atoms with E-state index in [1.54, 1.807) is 13.3 Å². The van der Waals surface area contributed by atoms with E-state index in [1.807, 2.05) is 24.3 Å². The van der Waals surface area contributed by atoms with Gasteiger partial charge in [0, 0.05) is 22.7 Å². The first-order valence-electron chi connectivity index (χ1n) is 5.22. The monoisotopic (exact) mass is 228 g/mol. The number of carbonyl (C=O) groups excluding carboxylic acids is 1. The molecular formula is C13H12N2O2. The van der Waals surface area contributed by atoms with Crippen LogP contribution < -0.4 is 4.74 Å². The summed E-state index contributed by atoms with van der Waals surface area (Å²) in [5.41, 5.74) is 1.59. The Morgan fingerprint density at radius 2 is 2.29 bits per heavy atom. The number of benzene rings is 1. The molecule has 1 N–H and O–H groups in total. The van der Waals surface area contributed by atoms with Crippen molar-refractivity contribution in [1.29, 1.82) is 5.26 Å². The summed E-state index contributed by atoms with van der Waals surface area (Å²) in [7, 11) is 1.58. The number of Topliss-reactive ketones (excluding diaryl/α,β-unsaturated/α-hetero) is 1. The fourth-order valence-corrected chi connectivity index (χ4v) is 1.87. The summed E-state index contributed by atoms with van der Waals surface area (Å²) < 4.78 is 5.14. The number of aromatic amines is 1. The number of nitriles is 1. The predicted octanol–water partition coefficient (Wildman–Crippen LogP) is 2.37. The van der Waals surface area contributed by atoms with Crippen LogP contribution in [0, 0.1) is 11.3 Å². The number of hydrogen-bond acceptors (Lipinski definition) is 3. The molecule has 0 unspecified atom stereocenters. The molecule has 17 heavy (non-hydrogen) atoms. The standard InChI is InChI=1S/C13H12N2O2/c1-8(16)11(6-14)12-7-15-13-4-3-9(17-2)5-10(12)13/h3-5,7,11,15H,1-2H3/t11-/m1/s1. The maximum absolute atomic E-state index is 11.4. The number of fused-ring (bicyclic) bond motifs is 1. The molecule has 86 valence electrons. The van der Waals surface area contributed by atoms with E-state index in [9.17, 15) is 4.79 Å². The second-order valence-corrected chi connectivity index (χ2v) is 3.83. The zero-order chi connectivity index (χ0) is 12.4. The van der Waals surface area contributed by atoms with Crippen LogP contribution >= 0.6 is 0 Å². The number of rotatable bonds is 3. The molecule has 4 nitrogen and oxygen atoms in total. The van der Waals surface area contributed by atoms with Crippen LogP contribution in [0.3, 0.4) is 0 Å². The van der Waals surface area contributed by atoms with Gasteiger partial charge >= 0.3 is 0 Å². The number of ketones is 1. The summed E-state index contributed by atoms with van der Waals surface area (Å²) in [5, 5.41) is 9.89. The number of H-pyrrole nitrogens is 1. The summed E-state index contributed by atoms with van der Waals surface area (Å²) in [6.45, 7) is 1.42. The smallest absolute Gasteiger partial charge is 0.151 e. The van der Waals surface area contributed by atoms with Gasteiger partial charge in [0.1, 0.15) is 11.7 Å². The van der Waals surface area contributed by atoms with Crippen molar-refractivity contribution in [2.45, 2.75) is 12.8 Å². The predicted molar refractivity (Wildman–Crippen MR) is 63.9 cm³/mol. The van der Waals surface area contributed by atoms with Gasteiger partial charge in [-0.3, -0.25) is 4.79 Å². The van der Waals surface area contributed by atoms with Crippen molar-refractivity contribution in [2.24, 2.45) is 0 Å². The normalized spacial score (nSPS) is 12.1. The zero-order valence-electron chi connectivity index (χ0n) is 9.65. The molecule has 0 aliphatic carbocycles. The highest BCUT2D eigenvalue weighted by molar-refractivity contribution is 5.94. The van der Waals surface area contributed by atoms with Crippen LogP contribution in [0.5, 0.6) is 5.75 Å². The number of ether oxygens (including phenoxy) is 1. The SMILES string of the molecule is COc1ccc2[nH]cc([C@H](C#N)C(C)=O)c2c1. The van der Waals surface area contributed by atoms with Crippen molar-refractivity contribution in [3.8, 4) is 11.8 Å². The average molecular weight is 228 g/mol. The molecule has 0 fully saturated rings. The van der Waals surface area contributed by atoms with Crippen LogP contribution in [-0.4, -0.2) is 17.9 Å². The fraction of sp³-hybridized carbons (Fsp3) is 0.231. The molecule has 0 radical (unpaired) electrons. The van der Waals surface area contributed by atoms with Crippen LogP contribution in [0.2, 0.25) is 0 Å². The summed E-state index contributed by atoms with van der Waals surface area (Å²) in [4.78, 5) is 14.5. The van der Waals surface area contributed by atoms with E-state index in [1.165, 1.54) is 6.92 Å². The molecule has 2 rings (SSSR count). The highest BCUT2D eigenvalue weighted by Crippen LogP contribution is 2.28. The molecule has 0 aliphatic heterocycles. The van der Waals surface area contributed by atoms with Crippen molar-refractivity contribution in [2.75, 3.05) is 7.11 Å². The van der Waals surface area contributed by atoms with Gasteiger partial charge in [0.2, 0.25) is 0 Å². The third-order valence-corrected chi connectivity index (χ3v) is 2.77. The van der Waals surface area contributed by atoms with Gasteiger partial charge in [0.15, 0.2) is 5.78 Å². The molecule has 0 aliphatic rings. The lowest BCUT2D eigenvalue weighted by Gasteiger charge is -2.04. The number of hydrogen-bond donors (Lipinski definition) is 1. The Kier molecular flexibility index (Phi) is 2.84. The second-order valence-electron chi connectivity index (χ2n) is 3.83. The van der Waals surface area contributed by atoms with E-state index < -0.39 is 5.92 Å². The Hall–Kier alpha value is -2.28. The first-order valence-corrected chi connectivity index (χ1v) is 5.22. The molecule has 1 aromatic carbocycles. The first kappa shape index (κ1) is 11.2. The van der Waals surface area contributed by atoms with Crippen molar-refractivity contribution >= 4 is 16.7 Å². The van der Waals surface area contributed by atoms with Crippen molar-refractivity contribution in [1.82, 2.24) is 4.98 Å². The minimum Gasteiger partial charge on any atom is -0.497 e. The molecule has 1 heterocycles. The molecule has 2 aromatic rings. The van der Waals surface area contributed by atoms with Crippen LogP contribution in [0.15, 0.2) is 24.4 Å². The maximum Gasteiger partial charge on any atom is 0.151 e. The van der Waals surface area contributed by atoms with Crippen molar-refractivity contribution < 1.29 is 9.53 Å². The number of nitrogens with zero attached hydrogens (tertiary/aromatic N) is 1. The zero-order valence-corrected chi connectivity index (χ0v) is 9.65. The lowest BCUT2D eigenvalue weighted by atomic mass is 9.96. The number of aromatic nitrogens is 1. The van der Waals surface area contributed by atoms with Crippen molar-refractivity contribution in [3.63, 3.8) is 0 Å². The summed E-state index contributed by atoms with van der Waals surface area (Å²) in [6.07, 6.45) is 1.71. The highest BCUT2D eigenvalue weighted by atomic mass is 16.5. The van der Waals surface area contributed by atoms with E-state index in [2.05, 4.69) is 4.98 Å². The van der Waals surface area contributed by atoms with E-state index in [0.29, 0.717) is 11.3 Å². The van der Waals surface area contributed by atoms with E-state index in [4.69, 9.17) is 10.00 Å². The lowest BCUT2D eigenvalue weighted by molar-refractivity contribution is -0.117. The minimum atomic E-state index is -0.726. The van der Waals surface area contributed by atoms with Gasteiger partial charge in [0.25, 0.3) is 0 Å². The van der Waals surface area contributed by atoms with Gasteiger partial charge in [-0.1, -0.05) is 0 Å². The topological polar surface area (TPSA) is 65.9 Å². The highest BCUT2D eigenvalue weighted by Gasteiger charge is 2.19. The van der Waals surface area contributed by atoms with Gasteiger partial charge in [-0.15, -0.1) is 0 Å². The summed E-state index contributed by atoms with van der Waals surface area (Å²) in [5.74, 6) is -0.175. The first-order chi connectivity index (χ1) is 8.17. The molecule has 0 amide bonds. The fourth-order valence-electron chi connectivity index (χ4n) is 1.87. The molecule has 0 saturated carbocycles. The van der Waals surface area contributed by atoms with Gasteiger partial charge in [-0.2, -0.15) is 5.26 Å². The minimum absolute atomic E-state index is 0.156. The van der Waals surface area contributed by atoms with Gasteiger partial charge in [-0.25, -0.2) is 0 Å². The number of carbonyl (C=O) groups is 1. The molecule has 0 spiro atoms. The maximum atomic E-state index is 11.4. The van der Waals surface area contributed by atoms with Crippen molar-refractivity contribution in [3.05, 3.63) is 30.0 Å². The Bertz CT molecular complexity index is 607. The molecule has 1 aromatic heterocycles. The third-order valence-electron chi connectivity index (χ3n) is 2.77. The Balaban J connectivity index is 2.62.